The van der Waals surface area contributed by atoms with Crippen molar-refractivity contribution in [3.63, 3.8) is 0 Å². The van der Waals surface area contributed by atoms with Crippen LogP contribution in [0.3, 0.4) is 0 Å². The molecule has 2 rings (SSSR count). The molecule has 0 N–H and O–H groups in total. The van der Waals surface area contributed by atoms with Crippen molar-refractivity contribution in [2.75, 3.05) is 10.1 Å². The zero-order valence-corrected chi connectivity index (χ0v) is 10.9. The molecule has 88 valence electrons. The van der Waals surface area contributed by atoms with Gasteiger partial charge in [0.2, 0.25) is 0 Å². The molecule has 2 heteroatoms. The predicted octanol–water partition coefficient (Wildman–Crippen LogP) is 4.88. The Morgan fingerprint density at radius 2 is 1.29 bits per heavy atom. The van der Waals surface area contributed by atoms with Gasteiger partial charge in [0, 0.05) is 5.75 Å². The molecule has 2 aromatic rings. The van der Waals surface area contributed by atoms with Gasteiger partial charge in [-0.05, 0) is 42.6 Å². The summed E-state index contributed by atoms with van der Waals surface area (Å²) >= 11 is 1.86. The van der Waals surface area contributed by atoms with Crippen LogP contribution in [0.2, 0.25) is 0 Å². The maximum absolute atomic E-state index is 2.30. The van der Waals surface area contributed by atoms with E-state index in [1.807, 2.05) is 11.9 Å². The summed E-state index contributed by atoms with van der Waals surface area (Å²) in [6.07, 6.45) is 1.18. The zero-order valence-electron chi connectivity index (χ0n) is 10.0. The lowest BCUT2D eigenvalue weighted by Gasteiger charge is -2.23. The van der Waals surface area contributed by atoms with Gasteiger partial charge in [-0.3, -0.25) is 4.31 Å². The predicted molar refractivity (Wildman–Crippen MR) is 77.8 cm³/mol. The molecule has 0 aliphatic carbocycles. The van der Waals surface area contributed by atoms with Crippen LogP contribution in [-0.2, 0) is 0 Å². The van der Waals surface area contributed by atoms with Gasteiger partial charge < -0.3 is 0 Å². The van der Waals surface area contributed by atoms with Gasteiger partial charge in [0.25, 0.3) is 0 Å². The Morgan fingerprint density at radius 3 is 1.71 bits per heavy atom. The minimum absolute atomic E-state index is 1.13. The summed E-state index contributed by atoms with van der Waals surface area (Å²) in [5.41, 5.74) is 2.47. The van der Waals surface area contributed by atoms with Gasteiger partial charge in [-0.25, -0.2) is 0 Å². The van der Waals surface area contributed by atoms with Gasteiger partial charge in [-0.2, -0.15) is 0 Å². The van der Waals surface area contributed by atoms with Gasteiger partial charge in [0.15, 0.2) is 0 Å². The summed E-state index contributed by atoms with van der Waals surface area (Å²) in [6.45, 7) is 2.21. The van der Waals surface area contributed by atoms with Crippen molar-refractivity contribution in [2.24, 2.45) is 0 Å². The summed E-state index contributed by atoms with van der Waals surface area (Å²) < 4.78 is 2.30. The summed E-state index contributed by atoms with van der Waals surface area (Å²) in [4.78, 5) is 0. The Morgan fingerprint density at radius 1 is 0.824 bits per heavy atom. The lowest BCUT2D eigenvalue weighted by atomic mass is 10.3. The highest BCUT2D eigenvalue weighted by atomic mass is 32.2. The van der Waals surface area contributed by atoms with Crippen LogP contribution in [0.25, 0.3) is 0 Å². The van der Waals surface area contributed by atoms with Gasteiger partial charge in [-0.15, -0.1) is 0 Å². The molecule has 17 heavy (non-hydrogen) atoms. The Kier molecular flexibility index (Phi) is 4.51. The fourth-order valence-corrected chi connectivity index (χ4v) is 2.51. The topological polar surface area (TPSA) is 3.24 Å². The number of hydrogen-bond acceptors (Lipinski definition) is 2. The third kappa shape index (κ3) is 3.27. The highest BCUT2D eigenvalue weighted by Gasteiger charge is 2.08. The summed E-state index contributed by atoms with van der Waals surface area (Å²) in [6, 6.07) is 21.0. The number of benzene rings is 2. The van der Waals surface area contributed by atoms with Crippen LogP contribution < -0.4 is 4.31 Å². The van der Waals surface area contributed by atoms with E-state index in [1.165, 1.54) is 17.8 Å². The summed E-state index contributed by atoms with van der Waals surface area (Å²) in [5.74, 6) is 1.13. The highest BCUT2D eigenvalue weighted by molar-refractivity contribution is 8.00. The van der Waals surface area contributed by atoms with Gasteiger partial charge in [0.05, 0.1) is 11.4 Å². The largest absolute Gasteiger partial charge is 0.285 e. The van der Waals surface area contributed by atoms with E-state index in [-0.39, 0.29) is 0 Å². The molecule has 0 radical (unpaired) electrons. The fourth-order valence-electron chi connectivity index (χ4n) is 1.61. The van der Waals surface area contributed by atoms with Crippen molar-refractivity contribution < 1.29 is 0 Å². The highest BCUT2D eigenvalue weighted by Crippen LogP contribution is 2.32. The molecular formula is C15H17NS. The van der Waals surface area contributed by atoms with Crippen LogP contribution >= 0.6 is 11.9 Å². The van der Waals surface area contributed by atoms with Gasteiger partial charge in [-0.1, -0.05) is 43.3 Å². The Bertz CT molecular complexity index is 388. The Balaban J connectivity index is 2.26. The van der Waals surface area contributed by atoms with Crippen LogP contribution in [0, 0.1) is 0 Å². The second-order valence-corrected chi connectivity index (χ2v) is 4.83. The van der Waals surface area contributed by atoms with Crippen LogP contribution in [0.15, 0.2) is 60.7 Å². The van der Waals surface area contributed by atoms with E-state index in [2.05, 4.69) is 71.9 Å². The number of para-hydroxylation sites is 2. The Labute approximate surface area is 108 Å². The average Bonchev–Trinajstić information content (AvgIpc) is 2.42. The molecule has 0 unspecified atom stereocenters. The second-order valence-electron chi connectivity index (χ2n) is 3.80. The van der Waals surface area contributed by atoms with E-state index in [4.69, 9.17) is 0 Å². The van der Waals surface area contributed by atoms with E-state index < -0.39 is 0 Å². The molecule has 0 spiro atoms. The molecule has 0 heterocycles. The maximum atomic E-state index is 2.30. The van der Waals surface area contributed by atoms with Crippen molar-refractivity contribution in [1.29, 1.82) is 0 Å². The molecule has 0 amide bonds. The number of rotatable bonds is 5. The van der Waals surface area contributed by atoms with Crippen molar-refractivity contribution in [3.8, 4) is 0 Å². The van der Waals surface area contributed by atoms with Crippen molar-refractivity contribution in [1.82, 2.24) is 0 Å². The molecule has 0 aromatic heterocycles. The van der Waals surface area contributed by atoms with Crippen molar-refractivity contribution in [2.45, 2.75) is 13.3 Å². The van der Waals surface area contributed by atoms with E-state index in [0.29, 0.717) is 0 Å². The van der Waals surface area contributed by atoms with E-state index in [1.54, 1.807) is 0 Å². The lowest BCUT2D eigenvalue weighted by Crippen LogP contribution is -2.07. The van der Waals surface area contributed by atoms with Crippen LogP contribution in [0.4, 0.5) is 11.4 Å². The molecule has 0 fully saturated rings. The zero-order chi connectivity index (χ0) is 11.9. The van der Waals surface area contributed by atoms with E-state index in [9.17, 15) is 0 Å². The van der Waals surface area contributed by atoms with Crippen LogP contribution in [0.5, 0.6) is 0 Å². The van der Waals surface area contributed by atoms with Crippen molar-refractivity contribution >= 4 is 23.3 Å². The first kappa shape index (κ1) is 12.1. The van der Waals surface area contributed by atoms with Crippen LogP contribution in [0.1, 0.15) is 13.3 Å². The summed E-state index contributed by atoms with van der Waals surface area (Å²) in [7, 11) is 0. The number of hydrogen-bond donors (Lipinski definition) is 0. The smallest absolute Gasteiger partial charge is 0.0525 e. The molecule has 0 atom stereocenters. The monoisotopic (exact) mass is 243 g/mol. The van der Waals surface area contributed by atoms with Crippen LogP contribution in [-0.4, -0.2) is 5.75 Å². The minimum atomic E-state index is 1.13. The molecule has 2 aromatic carbocycles. The summed E-state index contributed by atoms with van der Waals surface area (Å²) in [5, 5.41) is 0. The molecular weight excluding hydrogens is 226 g/mol. The molecule has 0 saturated heterocycles. The normalized spacial score (nSPS) is 10.2. The lowest BCUT2D eigenvalue weighted by molar-refractivity contribution is 1.10. The number of anilines is 2. The molecule has 0 aliphatic rings. The third-order valence-electron chi connectivity index (χ3n) is 2.41. The second kappa shape index (κ2) is 6.36. The molecule has 1 nitrogen and oxygen atoms in total. The average molecular weight is 243 g/mol. The standard InChI is InChI=1S/C15H17NS/c1-2-13-17-16(14-9-5-3-6-10-14)15-11-7-4-8-12-15/h3-12H,2,13H2,1H3. The van der Waals surface area contributed by atoms with Gasteiger partial charge in [0.1, 0.15) is 0 Å². The molecule has 0 saturated carbocycles. The maximum Gasteiger partial charge on any atom is 0.0525 e. The number of nitrogens with zero attached hydrogens (tertiary/aromatic N) is 1. The Hall–Kier alpha value is -1.41. The van der Waals surface area contributed by atoms with E-state index in [0.717, 1.165) is 5.75 Å². The van der Waals surface area contributed by atoms with Crippen molar-refractivity contribution in [3.05, 3.63) is 60.7 Å². The fraction of sp³-hybridized carbons (Fsp3) is 0.200. The minimum Gasteiger partial charge on any atom is -0.285 e. The quantitative estimate of drug-likeness (QED) is 0.688. The van der Waals surface area contributed by atoms with E-state index >= 15 is 0 Å². The first-order valence-corrected chi connectivity index (χ1v) is 6.89. The SMILES string of the molecule is CCCSN(c1ccccc1)c1ccccc1. The molecule has 0 aliphatic heterocycles. The third-order valence-corrected chi connectivity index (χ3v) is 3.68. The van der Waals surface area contributed by atoms with Gasteiger partial charge >= 0.3 is 0 Å². The molecule has 0 bridgehead atoms. The first-order chi connectivity index (χ1) is 8.42. The first-order valence-electron chi connectivity index (χ1n) is 5.95.